The maximum Gasteiger partial charge on any atom is 0.0861 e. The van der Waals surface area contributed by atoms with E-state index >= 15 is 0 Å². The van der Waals surface area contributed by atoms with Crippen molar-refractivity contribution in [3.63, 3.8) is 0 Å². The second kappa shape index (κ2) is 7.65. The first-order valence-electron chi connectivity index (χ1n) is 7.26. The number of benzene rings is 1. The highest BCUT2D eigenvalue weighted by Gasteiger charge is 2.29. The molecule has 1 fully saturated rings. The van der Waals surface area contributed by atoms with Crippen molar-refractivity contribution < 1.29 is 9.84 Å². The van der Waals surface area contributed by atoms with E-state index in [1.54, 1.807) is 19.2 Å². The monoisotopic (exact) mass is 316 g/mol. The molecule has 1 saturated carbocycles. The van der Waals surface area contributed by atoms with Gasteiger partial charge in [-0.3, -0.25) is 0 Å². The van der Waals surface area contributed by atoms with Gasteiger partial charge in [0.2, 0.25) is 0 Å². The Morgan fingerprint density at radius 3 is 2.55 bits per heavy atom. The predicted octanol–water partition coefficient (Wildman–Crippen LogP) is 4.49. The molecule has 1 aliphatic rings. The minimum Gasteiger partial charge on any atom is -0.390 e. The van der Waals surface area contributed by atoms with Crippen LogP contribution in [0.3, 0.4) is 0 Å². The molecular weight excluding hydrogens is 295 g/mol. The fraction of sp³-hybridized carbons (Fsp3) is 0.625. The molecule has 2 nitrogen and oxygen atoms in total. The highest BCUT2D eigenvalue weighted by Crippen LogP contribution is 2.31. The van der Waals surface area contributed by atoms with Gasteiger partial charge in [0.1, 0.15) is 0 Å². The van der Waals surface area contributed by atoms with Gasteiger partial charge in [-0.15, -0.1) is 0 Å². The van der Waals surface area contributed by atoms with Crippen molar-refractivity contribution in [2.75, 3.05) is 7.11 Å². The van der Waals surface area contributed by atoms with Crippen LogP contribution >= 0.6 is 23.2 Å². The molecule has 0 saturated heterocycles. The normalized spacial score (nSPS) is 19.8. The molecule has 4 heteroatoms. The zero-order valence-corrected chi connectivity index (χ0v) is 13.3. The fourth-order valence-corrected chi connectivity index (χ4v) is 3.64. The van der Waals surface area contributed by atoms with Crippen LogP contribution in [0, 0.1) is 5.92 Å². The number of aliphatic hydroxyl groups is 1. The van der Waals surface area contributed by atoms with Crippen LogP contribution in [0.25, 0.3) is 0 Å². The summed E-state index contributed by atoms with van der Waals surface area (Å²) in [5, 5.41) is 11.7. The Bertz CT molecular complexity index is 430. The molecule has 1 aromatic carbocycles. The average Bonchev–Trinajstić information content (AvgIpc) is 2.44. The largest absolute Gasteiger partial charge is 0.390 e. The number of methoxy groups -OCH3 is 1. The minimum absolute atomic E-state index is 0.109. The average molecular weight is 317 g/mol. The molecule has 1 N–H and O–H groups in total. The molecule has 0 amide bonds. The van der Waals surface area contributed by atoms with Crippen molar-refractivity contribution in [1.82, 2.24) is 0 Å². The summed E-state index contributed by atoms with van der Waals surface area (Å²) < 4.78 is 5.57. The molecule has 0 radical (unpaired) electrons. The Morgan fingerprint density at radius 1 is 1.25 bits per heavy atom. The molecule has 0 heterocycles. The van der Waals surface area contributed by atoms with E-state index < -0.39 is 6.10 Å². The summed E-state index contributed by atoms with van der Waals surface area (Å²) in [5.74, 6) is 0.454. The van der Waals surface area contributed by atoms with E-state index in [1.165, 1.54) is 19.3 Å². The first kappa shape index (κ1) is 16.1. The van der Waals surface area contributed by atoms with Crippen LogP contribution in [0.1, 0.15) is 37.7 Å². The lowest BCUT2D eigenvalue weighted by Gasteiger charge is -2.32. The van der Waals surface area contributed by atoms with Crippen molar-refractivity contribution in [2.45, 2.75) is 50.7 Å². The van der Waals surface area contributed by atoms with Crippen LogP contribution < -0.4 is 0 Å². The lowest BCUT2D eigenvalue weighted by molar-refractivity contribution is -0.0535. The van der Waals surface area contributed by atoms with Crippen molar-refractivity contribution in [1.29, 1.82) is 0 Å². The highest BCUT2D eigenvalue weighted by molar-refractivity contribution is 6.35. The second-order valence-electron chi connectivity index (χ2n) is 5.61. The third-order valence-corrected chi connectivity index (χ3v) is 4.80. The van der Waals surface area contributed by atoms with Gasteiger partial charge >= 0.3 is 0 Å². The van der Waals surface area contributed by atoms with E-state index in [0.717, 1.165) is 18.4 Å². The van der Waals surface area contributed by atoms with E-state index in [0.29, 0.717) is 22.4 Å². The smallest absolute Gasteiger partial charge is 0.0861 e. The molecule has 0 bridgehead atoms. The third-order valence-electron chi connectivity index (χ3n) is 4.21. The van der Waals surface area contributed by atoms with Gasteiger partial charge in [-0.2, -0.15) is 0 Å². The van der Waals surface area contributed by atoms with Crippen LogP contribution in [0.15, 0.2) is 18.2 Å². The number of ether oxygens (including phenoxy) is 1. The summed E-state index contributed by atoms with van der Waals surface area (Å²) in [4.78, 5) is 0. The van der Waals surface area contributed by atoms with E-state index in [9.17, 15) is 5.11 Å². The Morgan fingerprint density at radius 2 is 1.95 bits per heavy atom. The topological polar surface area (TPSA) is 29.5 Å². The second-order valence-corrected chi connectivity index (χ2v) is 6.45. The number of halogens is 2. The van der Waals surface area contributed by atoms with Gasteiger partial charge in [-0.25, -0.2) is 0 Å². The molecule has 112 valence electrons. The fourth-order valence-electron chi connectivity index (χ4n) is 3.16. The first-order valence-corrected chi connectivity index (χ1v) is 8.02. The van der Waals surface area contributed by atoms with Gasteiger partial charge in [0.15, 0.2) is 0 Å². The lowest BCUT2D eigenvalue weighted by atomic mass is 9.82. The number of aliphatic hydroxyl groups excluding tert-OH is 1. The molecule has 20 heavy (non-hydrogen) atoms. The summed E-state index contributed by atoms with van der Waals surface area (Å²) in [5.41, 5.74) is 0.918. The molecule has 2 rings (SSSR count). The summed E-state index contributed by atoms with van der Waals surface area (Å²) >= 11 is 12.1. The lowest BCUT2D eigenvalue weighted by Crippen LogP contribution is -2.37. The molecule has 0 aliphatic heterocycles. The van der Waals surface area contributed by atoms with Gasteiger partial charge in [0, 0.05) is 23.6 Å². The zero-order valence-electron chi connectivity index (χ0n) is 11.8. The minimum atomic E-state index is -0.526. The maximum absolute atomic E-state index is 10.5. The van der Waals surface area contributed by atoms with Gasteiger partial charge < -0.3 is 9.84 Å². The van der Waals surface area contributed by atoms with E-state index in [2.05, 4.69) is 0 Å². The molecular formula is C16H22Cl2O2. The van der Waals surface area contributed by atoms with Crippen molar-refractivity contribution in [3.8, 4) is 0 Å². The van der Waals surface area contributed by atoms with Crippen molar-refractivity contribution >= 4 is 23.2 Å². The Kier molecular flexibility index (Phi) is 6.16. The summed E-state index contributed by atoms with van der Waals surface area (Å²) in [6.07, 6.45) is 5.92. The highest BCUT2D eigenvalue weighted by atomic mass is 35.5. The standard InChI is InChI=1S/C16H22Cl2O2/c1-20-16(11-5-3-2-4-6-11)15(19)9-12-7-8-13(17)10-14(12)18/h7-8,10-11,15-16,19H,2-6,9H2,1H3. The Hall–Kier alpha value is -0.280. The van der Waals surface area contributed by atoms with E-state index in [4.69, 9.17) is 27.9 Å². The molecule has 1 aliphatic carbocycles. The van der Waals surface area contributed by atoms with Gasteiger partial charge in [-0.05, 0) is 36.5 Å². The van der Waals surface area contributed by atoms with Crippen LogP contribution in [0.5, 0.6) is 0 Å². The van der Waals surface area contributed by atoms with Crippen LogP contribution in [-0.4, -0.2) is 24.4 Å². The molecule has 1 aromatic rings. The van der Waals surface area contributed by atoms with Gasteiger partial charge in [-0.1, -0.05) is 48.5 Å². The molecule has 2 atom stereocenters. The number of hydrogen-bond donors (Lipinski definition) is 1. The van der Waals surface area contributed by atoms with Gasteiger partial charge in [0.05, 0.1) is 12.2 Å². The zero-order chi connectivity index (χ0) is 14.5. The quantitative estimate of drug-likeness (QED) is 0.867. The van der Waals surface area contributed by atoms with E-state index in [1.807, 2.05) is 6.07 Å². The van der Waals surface area contributed by atoms with Crippen molar-refractivity contribution in [2.24, 2.45) is 5.92 Å². The Balaban J connectivity index is 2.02. The summed E-state index contributed by atoms with van der Waals surface area (Å²) in [6, 6.07) is 5.40. The van der Waals surface area contributed by atoms with E-state index in [-0.39, 0.29) is 6.10 Å². The van der Waals surface area contributed by atoms with Crippen LogP contribution in [-0.2, 0) is 11.2 Å². The first-order chi connectivity index (χ1) is 9.61. The maximum atomic E-state index is 10.5. The third kappa shape index (κ3) is 4.11. The molecule has 0 aromatic heterocycles. The molecule has 2 unspecified atom stereocenters. The summed E-state index contributed by atoms with van der Waals surface area (Å²) in [7, 11) is 1.69. The van der Waals surface area contributed by atoms with Crippen LogP contribution in [0.2, 0.25) is 10.0 Å². The number of hydrogen-bond acceptors (Lipinski definition) is 2. The Labute approximate surface area is 131 Å². The molecule has 0 spiro atoms. The van der Waals surface area contributed by atoms with Crippen LogP contribution in [0.4, 0.5) is 0 Å². The van der Waals surface area contributed by atoms with Crippen molar-refractivity contribution in [3.05, 3.63) is 33.8 Å². The summed E-state index contributed by atoms with van der Waals surface area (Å²) in [6.45, 7) is 0. The number of rotatable bonds is 5. The predicted molar refractivity (Wildman–Crippen MR) is 83.5 cm³/mol. The van der Waals surface area contributed by atoms with Gasteiger partial charge in [0.25, 0.3) is 0 Å². The SMILES string of the molecule is COC(C(O)Cc1ccc(Cl)cc1Cl)C1CCCCC1.